The Hall–Kier alpha value is -0.420. The van der Waals surface area contributed by atoms with Gasteiger partial charge in [0.25, 0.3) is 0 Å². The molecule has 0 bridgehead atoms. The van der Waals surface area contributed by atoms with Crippen LogP contribution in [0.4, 0.5) is 0 Å². The van der Waals surface area contributed by atoms with E-state index in [2.05, 4.69) is 49.9 Å². The van der Waals surface area contributed by atoms with Gasteiger partial charge in [0.1, 0.15) is 0 Å². The standard InChI is InChI=1S/C19H33N5OS.HI/c1-3-23-8-4-6-16(23)14-21-19(20-2)22-15-17(18-7-5-13-26-18)24-9-11-25-12-10-24;/h5,7,13,16-17H,3-4,6,8-12,14-15H2,1-2H3,(H2,20,21,22);1H. The Balaban J connectivity index is 0.00000261. The molecule has 0 radical (unpaired) electrons. The Morgan fingerprint density at radius 3 is 2.81 bits per heavy atom. The van der Waals surface area contributed by atoms with Crippen LogP contribution in [-0.4, -0.2) is 81.3 Å². The first-order valence-electron chi connectivity index (χ1n) is 9.85. The Kier molecular flexibility index (Phi) is 10.3. The summed E-state index contributed by atoms with van der Waals surface area (Å²) in [6.07, 6.45) is 2.59. The SMILES string of the molecule is CCN1CCCC1CNC(=NC)NCC(c1cccs1)N1CCOCC1.I. The van der Waals surface area contributed by atoms with Crippen LogP contribution in [0, 0.1) is 0 Å². The minimum atomic E-state index is 0. The Labute approximate surface area is 184 Å². The van der Waals surface area contributed by atoms with Crippen LogP contribution in [-0.2, 0) is 4.74 Å². The quantitative estimate of drug-likeness (QED) is 0.337. The van der Waals surface area contributed by atoms with Gasteiger partial charge in [0.2, 0.25) is 0 Å². The molecule has 2 fully saturated rings. The Bertz CT molecular complexity index is 550. The van der Waals surface area contributed by atoms with E-state index in [-0.39, 0.29) is 24.0 Å². The monoisotopic (exact) mass is 507 g/mol. The number of guanidine groups is 1. The first-order chi connectivity index (χ1) is 12.8. The molecule has 0 aliphatic carbocycles. The van der Waals surface area contributed by atoms with Crippen LogP contribution < -0.4 is 10.6 Å². The second-order valence-corrected chi connectivity index (χ2v) is 7.92. The van der Waals surface area contributed by atoms with Crippen molar-refractivity contribution < 1.29 is 4.74 Å². The Morgan fingerprint density at radius 1 is 1.33 bits per heavy atom. The summed E-state index contributed by atoms with van der Waals surface area (Å²) < 4.78 is 5.53. The molecule has 2 unspecified atom stereocenters. The third kappa shape index (κ3) is 6.56. The molecule has 1 aromatic rings. The number of likely N-dealkylation sites (N-methyl/N-ethyl adjacent to an activating group) is 1. The largest absolute Gasteiger partial charge is 0.379 e. The van der Waals surface area contributed by atoms with E-state index in [1.807, 2.05) is 18.4 Å². The van der Waals surface area contributed by atoms with Crippen molar-refractivity contribution in [1.82, 2.24) is 20.4 Å². The van der Waals surface area contributed by atoms with Crippen LogP contribution in [0.15, 0.2) is 22.5 Å². The van der Waals surface area contributed by atoms with Crippen molar-refractivity contribution in [2.24, 2.45) is 4.99 Å². The number of hydrogen-bond donors (Lipinski definition) is 2. The predicted molar refractivity (Wildman–Crippen MR) is 125 cm³/mol. The van der Waals surface area contributed by atoms with Crippen molar-refractivity contribution in [2.75, 3.05) is 59.5 Å². The van der Waals surface area contributed by atoms with Gasteiger partial charge in [0.05, 0.1) is 19.3 Å². The van der Waals surface area contributed by atoms with Gasteiger partial charge >= 0.3 is 0 Å². The number of nitrogens with zero attached hydrogens (tertiary/aromatic N) is 3. The number of nitrogens with one attached hydrogen (secondary N) is 2. The lowest BCUT2D eigenvalue weighted by Gasteiger charge is -2.34. The van der Waals surface area contributed by atoms with E-state index < -0.39 is 0 Å². The lowest BCUT2D eigenvalue weighted by molar-refractivity contribution is 0.0177. The van der Waals surface area contributed by atoms with Gasteiger partial charge < -0.3 is 15.4 Å². The third-order valence-electron chi connectivity index (χ3n) is 5.45. The van der Waals surface area contributed by atoms with Crippen LogP contribution in [0.1, 0.15) is 30.7 Å². The fourth-order valence-corrected chi connectivity index (χ4v) is 4.81. The molecule has 27 heavy (non-hydrogen) atoms. The molecule has 0 saturated carbocycles. The minimum absolute atomic E-state index is 0. The van der Waals surface area contributed by atoms with Crippen molar-refractivity contribution in [2.45, 2.75) is 31.8 Å². The maximum Gasteiger partial charge on any atom is 0.191 e. The molecule has 3 heterocycles. The van der Waals surface area contributed by atoms with E-state index in [0.29, 0.717) is 12.1 Å². The van der Waals surface area contributed by atoms with Gasteiger partial charge in [-0.2, -0.15) is 0 Å². The van der Waals surface area contributed by atoms with Crippen molar-refractivity contribution in [3.8, 4) is 0 Å². The summed E-state index contributed by atoms with van der Waals surface area (Å²) in [4.78, 5) is 10.9. The zero-order valence-electron chi connectivity index (χ0n) is 16.5. The van der Waals surface area contributed by atoms with E-state index in [0.717, 1.165) is 51.9 Å². The summed E-state index contributed by atoms with van der Waals surface area (Å²) in [7, 11) is 1.86. The summed E-state index contributed by atoms with van der Waals surface area (Å²) in [6, 6.07) is 5.38. The highest BCUT2D eigenvalue weighted by atomic mass is 127. The normalized spacial score (nSPS) is 23.0. The Morgan fingerprint density at radius 2 is 2.15 bits per heavy atom. The lowest BCUT2D eigenvalue weighted by atomic mass is 10.2. The van der Waals surface area contributed by atoms with Crippen molar-refractivity contribution >= 4 is 41.3 Å². The molecule has 1 aromatic heterocycles. The number of thiophene rings is 1. The molecule has 154 valence electrons. The molecule has 0 aromatic carbocycles. The van der Waals surface area contributed by atoms with Crippen LogP contribution in [0.3, 0.4) is 0 Å². The van der Waals surface area contributed by atoms with Gasteiger partial charge in [-0.1, -0.05) is 13.0 Å². The van der Waals surface area contributed by atoms with Gasteiger partial charge in [-0.05, 0) is 37.4 Å². The molecule has 8 heteroatoms. The highest BCUT2D eigenvalue weighted by Crippen LogP contribution is 2.25. The topological polar surface area (TPSA) is 52.1 Å². The number of aliphatic imine (C=N–C) groups is 1. The van der Waals surface area contributed by atoms with Crippen LogP contribution in [0.25, 0.3) is 0 Å². The first-order valence-corrected chi connectivity index (χ1v) is 10.7. The fourth-order valence-electron chi connectivity index (χ4n) is 3.95. The molecule has 0 amide bonds. The number of hydrogen-bond acceptors (Lipinski definition) is 5. The minimum Gasteiger partial charge on any atom is -0.379 e. The second kappa shape index (κ2) is 12.2. The fraction of sp³-hybridized carbons (Fsp3) is 0.737. The molecule has 2 saturated heterocycles. The van der Waals surface area contributed by atoms with E-state index in [1.165, 1.54) is 24.3 Å². The molecule has 2 atom stereocenters. The molecule has 3 rings (SSSR count). The number of rotatable bonds is 7. The van der Waals surface area contributed by atoms with Gasteiger partial charge in [-0.15, -0.1) is 35.3 Å². The summed E-state index contributed by atoms with van der Waals surface area (Å²) in [5.41, 5.74) is 0. The molecule has 2 aliphatic heterocycles. The van der Waals surface area contributed by atoms with Crippen LogP contribution in [0.5, 0.6) is 0 Å². The summed E-state index contributed by atoms with van der Waals surface area (Å²) in [5, 5.41) is 9.26. The average Bonchev–Trinajstić information content (AvgIpc) is 3.37. The first kappa shape index (κ1) is 22.9. The number of halogens is 1. The van der Waals surface area contributed by atoms with Crippen molar-refractivity contribution in [3.05, 3.63) is 22.4 Å². The highest BCUT2D eigenvalue weighted by molar-refractivity contribution is 14.0. The van der Waals surface area contributed by atoms with Gasteiger partial charge in [-0.3, -0.25) is 14.8 Å². The van der Waals surface area contributed by atoms with Crippen molar-refractivity contribution in [3.63, 3.8) is 0 Å². The number of morpholine rings is 1. The second-order valence-electron chi connectivity index (χ2n) is 6.94. The van der Waals surface area contributed by atoms with Gasteiger partial charge in [0, 0.05) is 44.1 Å². The maximum atomic E-state index is 5.53. The van der Waals surface area contributed by atoms with E-state index in [1.54, 1.807) is 0 Å². The maximum absolute atomic E-state index is 5.53. The molecule has 0 spiro atoms. The highest BCUT2D eigenvalue weighted by Gasteiger charge is 2.25. The molecule has 2 aliphatic rings. The van der Waals surface area contributed by atoms with Gasteiger partial charge in [0.15, 0.2) is 5.96 Å². The molecular formula is C19H34IN5OS. The zero-order valence-corrected chi connectivity index (χ0v) is 19.7. The number of likely N-dealkylation sites (tertiary alicyclic amines) is 1. The van der Waals surface area contributed by atoms with E-state index >= 15 is 0 Å². The summed E-state index contributed by atoms with van der Waals surface area (Å²) >= 11 is 1.83. The zero-order chi connectivity index (χ0) is 18.2. The average molecular weight is 507 g/mol. The smallest absolute Gasteiger partial charge is 0.191 e. The molecular weight excluding hydrogens is 473 g/mol. The van der Waals surface area contributed by atoms with E-state index in [4.69, 9.17) is 4.74 Å². The summed E-state index contributed by atoms with van der Waals surface area (Å²) in [6.45, 7) is 10.1. The van der Waals surface area contributed by atoms with Gasteiger partial charge in [-0.25, -0.2) is 0 Å². The van der Waals surface area contributed by atoms with Crippen LogP contribution >= 0.6 is 35.3 Å². The van der Waals surface area contributed by atoms with Crippen molar-refractivity contribution in [1.29, 1.82) is 0 Å². The van der Waals surface area contributed by atoms with E-state index in [9.17, 15) is 0 Å². The lowest BCUT2D eigenvalue weighted by Crippen LogP contribution is -2.48. The van der Waals surface area contributed by atoms with Crippen LogP contribution in [0.2, 0.25) is 0 Å². The number of ether oxygens (including phenoxy) is 1. The molecule has 2 N–H and O–H groups in total. The predicted octanol–water partition coefficient (Wildman–Crippen LogP) is 2.39. The summed E-state index contributed by atoms with van der Waals surface area (Å²) in [5.74, 6) is 0.905. The molecule has 6 nitrogen and oxygen atoms in total. The third-order valence-corrected chi connectivity index (χ3v) is 6.43.